The first kappa shape index (κ1) is 12.4. The lowest BCUT2D eigenvalue weighted by Crippen LogP contribution is -2.44. The summed E-state index contributed by atoms with van der Waals surface area (Å²) < 4.78 is 0. The number of hydrogen-bond acceptors (Lipinski definition) is 3. The number of aliphatic carboxylic acids is 1. The Labute approximate surface area is 79.2 Å². The van der Waals surface area contributed by atoms with E-state index in [9.17, 15) is 9.90 Å². The van der Waals surface area contributed by atoms with Gasteiger partial charge in [0, 0.05) is 6.54 Å². The number of rotatable bonds is 5. The Balaban J connectivity index is 4.03. The summed E-state index contributed by atoms with van der Waals surface area (Å²) >= 11 is 0. The van der Waals surface area contributed by atoms with Crippen LogP contribution in [0.15, 0.2) is 0 Å². The summed E-state index contributed by atoms with van der Waals surface area (Å²) in [5.74, 6) is -0.759. The van der Waals surface area contributed by atoms with Crippen molar-refractivity contribution in [2.75, 3.05) is 20.1 Å². The SMILES string of the molecule is CC(C)C(C)(O)CN(C)CC(=O)O. The van der Waals surface area contributed by atoms with Crippen LogP contribution in [0, 0.1) is 5.92 Å². The topological polar surface area (TPSA) is 60.8 Å². The maximum absolute atomic E-state index is 10.3. The van der Waals surface area contributed by atoms with Crippen LogP contribution in [0.25, 0.3) is 0 Å². The minimum atomic E-state index is -0.873. The van der Waals surface area contributed by atoms with Gasteiger partial charge in [-0.15, -0.1) is 0 Å². The highest BCUT2D eigenvalue weighted by atomic mass is 16.4. The predicted molar refractivity (Wildman–Crippen MR) is 50.6 cm³/mol. The Bertz CT molecular complexity index is 178. The highest BCUT2D eigenvalue weighted by Crippen LogP contribution is 2.16. The van der Waals surface area contributed by atoms with Crippen molar-refractivity contribution in [1.29, 1.82) is 0 Å². The molecular formula is C9H19NO3. The molecule has 0 spiro atoms. The van der Waals surface area contributed by atoms with Crippen LogP contribution in [0.2, 0.25) is 0 Å². The standard InChI is InChI=1S/C9H19NO3/c1-7(2)9(3,13)6-10(4)5-8(11)12/h7,13H,5-6H2,1-4H3,(H,11,12). The highest BCUT2D eigenvalue weighted by Gasteiger charge is 2.26. The van der Waals surface area contributed by atoms with Gasteiger partial charge in [0.2, 0.25) is 0 Å². The first-order valence-electron chi connectivity index (χ1n) is 4.38. The zero-order chi connectivity index (χ0) is 10.6. The van der Waals surface area contributed by atoms with E-state index >= 15 is 0 Å². The Morgan fingerprint density at radius 2 is 2.00 bits per heavy atom. The number of aliphatic hydroxyl groups is 1. The molecule has 4 heteroatoms. The van der Waals surface area contributed by atoms with Crippen LogP contribution in [-0.2, 0) is 4.79 Å². The molecule has 0 aliphatic carbocycles. The summed E-state index contributed by atoms with van der Waals surface area (Å²) in [6.07, 6.45) is 0. The Hall–Kier alpha value is -0.610. The Morgan fingerprint density at radius 1 is 1.54 bits per heavy atom. The third kappa shape index (κ3) is 4.85. The van der Waals surface area contributed by atoms with E-state index in [-0.39, 0.29) is 12.5 Å². The molecule has 1 atom stereocenters. The molecule has 78 valence electrons. The molecule has 2 N–H and O–H groups in total. The molecule has 0 aromatic rings. The van der Waals surface area contributed by atoms with Crippen LogP contribution < -0.4 is 0 Å². The predicted octanol–water partition coefficient (Wildman–Crippen LogP) is 0.410. The van der Waals surface area contributed by atoms with Crippen molar-refractivity contribution in [2.24, 2.45) is 5.92 Å². The van der Waals surface area contributed by atoms with Gasteiger partial charge in [0.25, 0.3) is 0 Å². The van der Waals surface area contributed by atoms with Crippen molar-refractivity contribution < 1.29 is 15.0 Å². The highest BCUT2D eigenvalue weighted by molar-refractivity contribution is 5.69. The molecule has 4 nitrogen and oxygen atoms in total. The van der Waals surface area contributed by atoms with Gasteiger partial charge in [0.15, 0.2) is 0 Å². The average molecular weight is 189 g/mol. The van der Waals surface area contributed by atoms with Crippen molar-refractivity contribution in [2.45, 2.75) is 26.4 Å². The zero-order valence-corrected chi connectivity index (χ0v) is 8.74. The van der Waals surface area contributed by atoms with Gasteiger partial charge < -0.3 is 10.2 Å². The summed E-state index contributed by atoms with van der Waals surface area (Å²) in [6.45, 7) is 5.87. The fraction of sp³-hybridized carbons (Fsp3) is 0.889. The van der Waals surface area contributed by atoms with Gasteiger partial charge in [0.05, 0.1) is 12.1 Å². The van der Waals surface area contributed by atoms with Gasteiger partial charge in [0.1, 0.15) is 0 Å². The fourth-order valence-corrected chi connectivity index (χ4v) is 1.02. The number of likely N-dealkylation sites (N-methyl/N-ethyl adjacent to an activating group) is 1. The fourth-order valence-electron chi connectivity index (χ4n) is 1.02. The van der Waals surface area contributed by atoms with Crippen LogP contribution in [0.4, 0.5) is 0 Å². The largest absolute Gasteiger partial charge is 0.480 e. The molecule has 0 amide bonds. The van der Waals surface area contributed by atoms with E-state index < -0.39 is 11.6 Å². The van der Waals surface area contributed by atoms with Crippen molar-refractivity contribution in [3.05, 3.63) is 0 Å². The number of hydrogen-bond donors (Lipinski definition) is 2. The lowest BCUT2D eigenvalue weighted by Gasteiger charge is -2.31. The van der Waals surface area contributed by atoms with Gasteiger partial charge in [-0.2, -0.15) is 0 Å². The van der Waals surface area contributed by atoms with Gasteiger partial charge in [-0.05, 0) is 19.9 Å². The first-order chi connectivity index (χ1) is 5.75. The van der Waals surface area contributed by atoms with Gasteiger partial charge in [-0.25, -0.2) is 0 Å². The van der Waals surface area contributed by atoms with Crippen LogP contribution in [0.1, 0.15) is 20.8 Å². The summed E-state index contributed by atoms with van der Waals surface area (Å²) in [7, 11) is 1.69. The van der Waals surface area contributed by atoms with Crippen LogP contribution in [0.5, 0.6) is 0 Å². The summed E-state index contributed by atoms with van der Waals surface area (Å²) in [5, 5.41) is 18.3. The molecule has 0 fully saturated rings. The first-order valence-corrected chi connectivity index (χ1v) is 4.38. The molecule has 0 aromatic heterocycles. The molecule has 0 radical (unpaired) electrons. The number of carboxylic acid groups (broad SMARTS) is 1. The van der Waals surface area contributed by atoms with E-state index in [4.69, 9.17) is 5.11 Å². The number of carboxylic acids is 1. The minimum Gasteiger partial charge on any atom is -0.480 e. The third-order valence-corrected chi connectivity index (χ3v) is 2.24. The lowest BCUT2D eigenvalue weighted by molar-refractivity contribution is -0.138. The summed E-state index contributed by atoms with van der Waals surface area (Å²) in [6, 6.07) is 0. The maximum atomic E-state index is 10.3. The van der Waals surface area contributed by atoms with Gasteiger partial charge >= 0.3 is 5.97 Å². The molecule has 0 aliphatic heterocycles. The van der Waals surface area contributed by atoms with E-state index in [0.717, 1.165) is 0 Å². The second-order valence-corrected chi connectivity index (χ2v) is 4.08. The van der Waals surface area contributed by atoms with E-state index in [1.165, 1.54) is 0 Å². The van der Waals surface area contributed by atoms with Crippen molar-refractivity contribution >= 4 is 5.97 Å². The van der Waals surface area contributed by atoms with E-state index in [2.05, 4.69) is 0 Å². The average Bonchev–Trinajstić information content (AvgIpc) is 1.82. The van der Waals surface area contributed by atoms with Crippen molar-refractivity contribution in [3.8, 4) is 0 Å². The second kappa shape index (κ2) is 4.58. The smallest absolute Gasteiger partial charge is 0.317 e. The number of nitrogens with zero attached hydrogens (tertiary/aromatic N) is 1. The number of carbonyl (C=O) groups is 1. The quantitative estimate of drug-likeness (QED) is 0.657. The summed E-state index contributed by atoms with van der Waals surface area (Å²) in [5.41, 5.74) is -0.829. The van der Waals surface area contributed by atoms with Crippen molar-refractivity contribution in [1.82, 2.24) is 4.90 Å². The van der Waals surface area contributed by atoms with E-state index in [1.54, 1.807) is 18.9 Å². The molecular weight excluding hydrogens is 170 g/mol. The third-order valence-electron chi connectivity index (χ3n) is 2.24. The normalized spacial score (nSPS) is 16.2. The minimum absolute atomic E-state index is 0.0388. The molecule has 0 saturated heterocycles. The van der Waals surface area contributed by atoms with Crippen LogP contribution in [-0.4, -0.2) is 46.8 Å². The zero-order valence-electron chi connectivity index (χ0n) is 8.74. The molecule has 0 rings (SSSR count). The van der Waals surface area contributed by atoms with Gasteiger partial charge in [-0.3, -0.25) is 9.69 Å². The molecule has 0 saturated carbocycles. The molecule has 1 unspecified atom stereocenters. The van der Waals surface area contributed by atoms with Crippen LogP contribution >= 0.6 is 0 Å². The van der Waals surface area contributed by atoms with E-state index in [1.807, 2.05) is 13.8 Å². The molecule has 0 bridgehead atoms. The molecule has 0 heterocycles. The Kier molecular flexibility index (Phi) is 4.36. The Morgan fingerprint density at radius 3 is 2.31 bits per heavy atom. The van der Waals surface area contributed by atoms with Crippen LogP contribution in [0.3, 0.4) is 0 Å². The monoisotopic (exact) mass is 189 g/mol. The molecule has 13 heavy (non-hydrogen) atoms. The van der Waals surface area contributed by atoms with E-state index in [0.29, 0.717) is 6.54 Å². The molecule has 0 aliphatic rings. The summed E-state index contributed by atoms with van der Waals surface area (Å²) in [4.78, 5) is 11.9. The maximum Gasteiger partial charge on any atom is 0.317 e. The van der Waals surface area contributed by atoms with Gasteiger partial charge in [-0.1, -0.05) is 13.8 Å². The van der Waals surface area contributed by atoms with Crippen molar-refractivity contribution in [3.63, 3.8) is 0 Å². The lowest BCUT2D eigenvalue weighted by atomic mass is 9.92. The molecule has 0 aromatic carbocycles. The second-order valence-electron chi connectivity index (χ2n) is 4.08.